The molecule has 0 radical (unpaired) electrons. The molecule has 38 heavy (non-hydrogen) atoms. The van der Waals surface area contributed by atoms with Crippen LogP contribution in [0.5, 0.6) is 0 Å². The van der Waals surface area contributed by atoms with Crippen LogP contribution < -0.4 is 0 Å². The second kappa shape index (κ2) is 7.44. The Kier molecular flexibility index (Phi) is 3.99. The van der Waals surface area contributed by atoms with Crippen molar-refractivity contribution in [2.45, 2.75) is 0 Å². The van der Waals surface area contributed by atoms with Crippen molar-refractivity contribution < 1.29 is 0 Å². The molecule has 2 heterocycles. The fourth-order valence-electron chi connectivity index (χ4n) is 6.59. The highest BCUT2D eigenvalue weighted by atomic mass is 32.1. The number of aromatic nitrogens is 1. The molecule has 0 spiro atoms. The molecule has 0 N–H and O–H groups in total. The number of benzene rings is 7. The fourth-order valence-corrected chi connectivity index (χ4v) is 7.73. The number of thiophene rings is 1. The summed E-state index contributed by atoms with van der Waals surface area (Å²) in [4.78, 5) is 0. The summed E-state index contributed by atoms with van der Waals surface area (Å²) in [7, 11) is 0. The number of fused-ring (bicyclic) bond motifs is 3. The molecule has 0 saturated carbocycles. The normalized spacial score (nSPS) is 12.2. The number of hydrogen-bond donors (Lipinski definition) is 0. The lowest BCUT2D eigenvalue weighted by molar-refractivity contribution is 1.17. The van der Waals surface area contributed by atoms with Crippen molar-refractivity contribution in [1.82, 2.24) is 4.57 Å². The first kappa shape index (κ1) is 20.4. The molecule has 0 unspecified atom stereocenters. The maximum absolute atomic E-state index is 2.50. The molecule has 176 valence electrons. The first-order valence-electron chi connectivity index (χ1n) is 13.0. The van der Waals surface area contributed by atoms with E-state index in [0.717, 1.165) is 0 Å². The van der Waals surface area contributed by atoms with E-state index in [2.05, 4.69) is 132 Å². The van der Waals surface area contributed by atoms with Gasteiger partial charge in [0.2, 0.25) is 0 Å². The van der Waals surface area contributed by atoms with Crippen LogP contribution in [0.2, 0.25) is 0 Å². The van der Waals surface area contributed by atoms with Gasteiger partial charge >= 0.3 is 0 Å². The summed E-state index contributed by atoms with van der Waals surface area (Å²) < 4.78 is 5.19. The van der Waals surface area contributed by atoms with Crippen LogP contribution in [-0.2, 0) is 0 Å². The minimum Gasteiger partial charge on any atom is -0.309 e. The third kappa shape index (κ3) is 2.60. The quantitative estimate of drug-likeness (QED) is 0.208. The van der Waals surface area contributed by atoms with Crippen LogP contribution in [0, 0.1) is 0 Å². The molecular weight excluding hydrogens is 478 g/mol. The van der Waals surface area contributed by atoms with E-state index in [0.29, 0.717) is 0 Å². The summed E-state index contributed by atoms with van der Waals surface area (Å²) in [5.74, 6) is 0. The Hall–Kier alpha value is -4.66. The van der Waals surface area contributed by atoms with Gasteiger partial charge in [0, 0.05) is 36.6 Å². The molecule has 9 rings (SSSR count). The summed E-state index contributed by atoms with van der Waals surface area (Å²) in [6.07, 6.45) is 0. The Labute approximate surface area is 223 Å². The average Bonchev–Trinajstić information content (AvgIpc) is 3.31. The van der Waals surface area contributed by atoms with Gasteiger partial charge in [0.25, 0.3) is 0 Å². The molecule has 0 aliphatic carbocycles. The maximum Gasteiger partial charge on any atom is 0.0555 e. The zero-order valence-corrected chi connectivity index (χ0v) is 21.3. The SMILES string of the molecule is c1ccc(-c2cccc(-n3c4cccc5sc6ccc7c8ccccc8c8cccc3c8c7c6c54)c2)cc1. The Bertz CT molecular complexity index is 2340. The smallest absolute Gasteiger partial charge is 0.0555 e. The highest BCUT2D eigenvalue weighted by Crippen LogP contribution is 2.48. The highest BCUT2D eigenvalue weighted by molar-refractivity contribution is 7.26. The first-order chi connectivity index (χ1) is 18.9. The van der Waals surface area contributed by atoms with E-state index >= 15 is 0 Å². The van der Waals surface area contributed by atoms with Gasteiger partial charge in [-0.15, -0.1) is 11.3 Å². The molecule has 0 fully saturated rings. The van der Waals surface area contributed by atoms with Crippen molar-refractivity contribution in [1.29, 1.82) is 0 Å². The molecule has 0 bridgehead atoms. The van der Waals surface area contributed by atoms with E-state index in [-0.39, 0.29) is 0 Å². The molecule has 9 aromatic rings. The van der Waals surface area contributed by atoms with E-state index in [1.165, 1.54) is 80.3 Å². The van der Waals surface area contributed by atoms with Gasteiger partial charge in [-0.2, -0.15) is 0 Å². The Balaban J connectivity index is 1.58. The van der Waals surface area contributed by atoms with Crippen LogP contribution in [0.25, 0.3) is 80.3 Å². The lowest BCUT2D eigenvalue weighted by Gasteiger charge is -2.16. The number of rotatable bonds is 2. The van der Waals surface area contributed by atoms with Crippen LogP contribution in [0.15, 0.2) is 127 Å². The molecule has 0 aliphatic heterocycles. The summed E-state index contributed by atoms with van der Waals surface area (Å²) in [5, 5.41) is 10.8. The zero-order valence-electron chi connectivity index (χ0n) is 20.5. The first-order valence-corrected chi connectivity index (χ1v) is 13.9. The van der Waals surface area contributed by atoms with Gasteiger partial charge in [0.15, 0.2) is 0 Å². The summed E-state index contributed by atoms with van der Waals surface area (Å²) in [6, 6.07) is 46.9. The van der Waals surface area contributed by atoms with E-state index < -0.39 is 0 Å². The highest BCUT2D eigenvalue weighted by Gasteiger charge is 2.21. The summed E-state index contributed by atoms with van der Waals surface area (Å²) >= 11 is 1.90. The van der Waals surface area contributed by atoms with Crippen molar-refractivity contribution in [3.05, 3.63) is 127 Å². The van der Waals surface area contributed by atoms with Gasteiger partial charge in [0.1, 0.15) is 0 Å². The van der Waals surface area contributed by atoms with Crippen LogP contribution in [0.3, 0.4) is 0 Å². The van der Waals surface area contributed by atoms with Gasteiger partial charge in [0.05, 0.1) is 11.0 Å². The monoisotopic (exact) mass is 499 g/mol. The topological polar surface area (TPSA) is 4.93 Å². The molecule has 1 nitrogen and oxygen atoms in total. The number of hydrogen-bond acceptors (Lipinski definition) is 1. The molecule has 0 amide bonds. The Morgan fingerprint density at radius 1 is 0.395 bits per heavy atom. The zero-order chi connectivity index (χ0) is 24.8. The minimum atomic E-state index is 1.18. The van der Waals surface area contributed by atoms with Gasteiger partial charge in [-0.25, -0.2) is 0 Å². The average molecular weight is 500 g/mol. The molecule has 2 heteroatoms. The summed E-state index contributed by atoms with van der Waals surface area (Å²) in [5.41, 5.74) is 6.13. The van der Waals surface area contributed by atoms with Crippen molar-refractivity contribution in [2.75, 3.05) is 0 Å². The molecule has 0 saturated heterocycles. The second-order valence-electron chi connectivity index (χ2n) is 10.1. The van der Waals surface area contributed by atoms with Crippen LogP contribution >= 0.6 is 11.3 Å². The number of nitrogens with zero attached hydrogens (tertiary/aromatic N) is 1. The molecule has 0 atom stereocenters. The van der Waals surface area contributed by atoms with Crippen LogP contribution in [0.1, 0.15) is 0 Å². The third-order valence-electron chi connectivity index (χ3n) is 8.13. The van der Waals surface area contributed by atoms with Crippen molar-refractivity contribution in [2.24, 2.45) is 0 Å². The molecule has 2 aromatic heterocycles. The van der Waals surface area contributed by atoms with Gasteiger partial charge in [-0.3, -0.25) is 0 Å². The summed E-state index contributed by atoms with van der Waals surface area (Å²) in [6.45, 7) is 0. The molecular formula is C36H21NS. The molecule has 7 aromatic carbocycles. The predicted octanol–water partition coefficient (Wildman–Crippen LogP) is 10.6. The van der Waals surface area contributed by atoms with Crippen LogP contribution in [-0.4, -0.2) is 4.57 Å². The van der Waals surface area contributed by atoms with Crippen LogP contribution in [0.4, 0.5) is 0 Å². The van der Waals surface area contributed by atoms with Gasteiger partial charge in [-0.05, 0) is 69.1 Å². The van der Waals surface area contributed by atoms with E-state index in [1.807, 2.05) is 11.3 Å². The maximum atomic E-state index is 2.50. The standard InChI is InChI=1S/C36H21NS/c1-2-9-22(10-3-1)23-11-6-12-24(21-23)37-29-16-7-15-27-25-13-4-5-14-26(25)28-19-20-32-36(34(28)33(27)29)35-30(37)17-8-18-31(35)38-32/h1-21H. The molecule has 0 aliphatic rings. The lowest BCUT2D eigenvalue weighted by atomic mass is 9.92. The Morgan fingerprint density at radius 2 is 1.03 bits per heavy atom. The third-order valence-corrected chi connectivity index (χ3v) is 9.25. The Morgan fingerprint density at radius 3 is 1.87 bits per heavy atom. The van der Waals surface area contributed by atoms with Crippen molar-refractivity contribution in [3.8, 4) is 16.8 Å². The van der Waals surface area contributed by atoms with E-state index in [9.17, 15) is 0 Å². The lowest BCUT2D eigenvalue weighted by Crippen LogP contribution is -1.97. The van der Waals surface area contributed by atoms with E-state index in [1.54, 1.807) is 0 Å². The van der Waals surface area contributed by atoms with Gasteiger partial charge in [-0.1, -0.05) is 91.0 Å². The van der Waals surface area contributed by atoms with E-state index in [4.69, 9.17) is 0 Å². The second-order valence-corrected chi connectivity index (χ2v) is 11.2. The van der Waals surface area contributed by atoms with Crippen molar-refractivity contribution in [3.63, 3.8) is 0 Å². The van der Waals surface area contributed by atoms with Crippen molar-refractivity contribution >= 4 is 74.9 Å². The predicted molar refractivity (Wildman–Crippen MR) is 165 cm³/mol. The largest absolute Gasteiger partial charge is 0.309 e. The van der Waals surface area contributed by atoms with Gasteiger partial charge < -0.3 is 4.57 Å². The minimum absolute atomic E-state index is 1.18. The fraction of sp³-hybridized carbons (Fsp3) is 0.